The number of hydrogen-bond acceptors (Lipinski definition) is 3. The number of hydrogen-bond donors (Lipinski definition) is 1. The minimum absolute atomic E-state index is 0.0207. The van der Waals surface area contributed by atoms with Gasteiger partial charge in [-0.3, -0.25) is 4.79 Å². The maximum atomic E-state index is 12.2. The van der Waals surface area contributed by atoms with Crippen LogP contribution in [-0.4, -0.2) is 33.0 Å². The number of imidazole rings is 1. The Balaban J connectivity index is 1.44. The summed E-state index contributed by atoms with van der Waals surface area (Å²) in [6.07, 6.45) is 9.20. The van der Waals surface area contributed by atoms with Gasteiger partial charge in [0.25, 0.3) is 5.91 Å². The normalized spacial score (nSPS) is 14.9. The summed E-state index contributed by atoms with van der Waals surface area (Å²) in [6.45, 7) is 3.52. The van der Waals surface area contributed by atoms with Gasteiger partial charge in [0, 0.05) is 42.0 Å². The van der Waals surface area contributed by atoms with Crippen LogP contribution in [0.1, 0.15) is 47.4 Å². The molecule has 1 aromatic heterocycles. The SMILES string of the molecule is Cc1nccn1Cc1ccc(C(=O)NCCSC2CCCC2)cc1. The Labute approximate surface area is 148 Å². The standard InChI is InChI=1S/C19H25N3OS/c1-15-20-10-12-22(15)14-16-6-8-17(9-7-16)19(23)21-11-13-24-18-4-2-3-5-18/h6-10,12,18H,2-5,11,13-14H2,1H3,(H,21,23). The molecular weight excluding hydrogens is 318 g/mol. The third-order valence-electron chi connectivity index (χ3n) is 4.54. The third-order valence-corrected chi connectivity index (χ3v) is 5.92. The van der Waals surface area contributed by atoms with Crippen LogP contribution in [-0.2, 0) is 6.54 Å². The molecule has 0 saturated heterocycles. The molecule has 1 aliphatic carbocycles. The number of thioether (sulfide) groups is 1. The average Bonchev–Trinajstić information content (AvgIpc) is 3.25. The monoisotopic (exact) mass is 343 g/mol. The van der Waals surface area contributed by atoms with E-state index in [-0.39, 0.29) is 5.91 Å². The second-order valence-electron chi connectivity index (χ2n) is 6.33. The van der Waals surface area contributed by atoms with Gasteiger partial charge in [0.1, 0.15) is 5.82 Å². The smallest absolute Gasteiger partial charge is 0.251 e. The Morgan fingerprint density at radius 3 is 2.71 bits per heavy atom. The van der Waals surface area contributed by atoms with E-state index in [4.69, 9.17) is 0 Å². The Morgan fingerprint density at radius 2 is 2.04 bits per heavy atom. The Morgan fingerprint density at radius 1 is 1.29 bits per heavy atom. The maximum Gasteiger partial charge on any atom is 0.251 e. The molecule has 1 aromatic carbocycles. The number of aromatic nitrogens is 2. The summed E-state index contributed by atoms with van der Waals surface area (Å²) in [5.41, 5.74) is 1.90. The molecule has 0 radical (unpaired) electrons. The van der Waals surface area contributed by atoms with Gasteiger partial charge in [-0.2, -0.15) is 11.8 Å². The van der Waals surface area contributed by atoms with Gasteiger partial charge in [0.05, 0.1) is 0 Å². The molecule has 128 valence electrons. The van der Waals surface area contributed by atoms with E-state index in [9.17, 15) is 4.79 Å². The average molecular weight is 343 g/mol. The van der Waals surface area contributed by atoms with E-state index in [1.54, 1.807) is 6.20 Å². The van der Waals surface area contributed by atoms with Gasteiger partial charge >= 0.3 is 0 Å². The molecule has 0 bridgehead atoms. The van der Waals surface area contributed by atoms with E-state index in [1.165, 1.54) is 31.2 Å². The van der Waals surface area contributed by atoms with Crippen molar-refractivity contribution in [2.24, 2.45) is 0 Å². The first kappa shape index (κ1) is 17.1. The van der Waals surface area contributed by atoms with E-state index in [0.717, 1.165) is 35.5 Å². The molecule has 0 aliphatic heterocycles. The zero-order chi connectivity index (χ0) is 16.8. The molecule has 1 N–H and O–H groups in total. The number of carbonyl (C=O) groups is 1. The Bertz CT molecular complexity index is 660. The highest BCUT2D eigenvalue weighted by molar-refractivity contribution is 7.99. The first-order chi connectivity index (χ1) is 11.7. The second-order valence-corrected chi connectivity index (χ2v) is 7.74. The van der Waals surface area contributed by atoms with Crippen LogP contribution in [0.25, 0.3) is 0 Å². The number of rotatable bonds is 7. The first-order valence-corrected chi connectivity index (χ1v) is 9.74. The van der Waals surface area contributed by atoms with Crippen molar-refractivity contribution >= 4 is 17.7 Å². The lowest BCUT2D eigenvalue weighted by Crippen LogP contribution is -2.26. The first-order valence-electron chi connectivity index (χ1n) is 8.69. The highest BCUT2D eigenvalue weighted by atomic mass is 32.2. The van der Waals surface area contributed by atoms with Crippen molar-refractivity contribution in [3.8, 4) is 0 Å². The van der Waals surface area contributed by atoms with Crippen LogP contribution >= 0.6 is 11.8 Å². The molecule has 0 unspecified atom stereocenters. The van der Waals surface area contributed by atoms with Crippen LogP contribution < -0.4 is 5.32 Å². The number of nitrogens with one attached hydrogen (secondary N) is 1. The number of aryl methyl sites for hydroxylation is 1. The molecule has 5 heteroatoms. The maximum absolute atomic E-state index is 12.2. The fourth-order valence-corrected chi connectivity index (χ4v) is 4.30. The Hall–Kier alpha value is -1.75. The van der Waals surface area contributed by atoms with Crippen LogP contribution in [0.4, 0.5) is 0 Å². The van der Waals surface area contributed by atoms with E-state index < -0.39 is 0 Å². The summed E-state index contributed by atoms with van der Waals surface area (Å²) < 4.78 is 2.09. The van der Waals surface area contributed by atoms with Gasteiger partial charge in [0.15, 0.2) is 0 Å². The van der Waals surface area contributed by atoms with Crippen LogP contribution in [0.2, 0.25) is 0 Å². The lowest BCUT2D eigenvalue weighted by Gasteiger charge is -2.10. The number of carbonyl (C=O) groups excluding carboxylic acids is 1. The minimum Gasteiger partial charge on any atom is -0.351 e. The summed E-state index contributed by atoms with van der Waals surface area (Å²) in [6, 6.07) is 7.84. The van der Waals surface area contributed by atoms with Crippen LogP contribution in [0.15, 0.2) is 36.7 Å². The summed E-state index contributed by atoms with van der Waals surface area (Å²) >= 11 is 2.00. The van der Waals surface area contributed by atoms with Gasteiger partial charge in [-0.1, -0.05) is 25.0 Å². The van der Waals surface area contributed by atoms with Crippen molar-refractivity contribution in [2.45, 2.75) is 44.4 Å². The van der Waals surface area contributed by atoms with Gasteiger partial charge < -0.3 is 9.88 Å². The highest BCUT2D eigenvalue weighted by Gasteiger charge is 2.14. The lowest BCUT2D eigenvalue weighted by atomic mass is 10.1. The van der Waals surface area contributed by atoms with E-state index in [0.29, 0.717) is 0 Å². The van der Waals surface area contributed by atoms with Crippen molar-refractivity contribution in [3.63, 3.8) is 0 Å². The largest absolute Gasteiger partial charge is 0.351 e. The summed E-state index contributed by atoms with van der Waals surface area (Å²) in [7, 11) is 0. The molecule has 4 nitrogen and oxygen atoms in total. The number of amides is 1. The van der Waals surface area contributed by atoms with Gasteiger partial charge in [-0.25, -0.2) is 4.98 Å². The Kier molecular flexibility index (Phi) is 5.96. The van der Waals surface area contributed by atoms with E-state index in [2.05, 4.69) is 14.9 Å². The predicted octanol–water partition coefficient (Wildman–Crippen LogP) is 3.65. The van der Waals surface area contributed by atoms with Crippen molar-refractivity contribution in [1.29, 1.82) is 0 Å². The molecule has 1 aliphatic rings. The van der Waals surface area contributed by atoms with Crippen molar-refractivity contribution < 1.29 is 4.79 Å². The van der Waals surface area contributed by atoms with Gasteiger partial charge in [0.2, 0.25) is 0 Å². The molecule has 2 aromatic rings. The molecule has 0 atom stereocenters. The van der Waals surface area contributed by atoms with Crippen LogP contribution in [0, 0.1) is 6.92 Å². The fraction of sp³-hybridized carbons (Fsp3) is 0.474. The summed E-state index contributed by atoms with van der Waals surface area (Å²) in [5.74, 6) is 2.03. The molecule has 0 spiro atoms. The summed E-state index contributed by atoms with van der Waals surface area (Å²) in [5, 5.41) is 3.83. The molecular formula is C19H25N3OS. The lowest BCUT2D eigenvalue weighted by molar-refractivity contribution is 0.0956. The molecule has 24 heavy (non-hydrogen) atoms. The van der Waals surface area contributed by atoms with Crippen molar-refractivity contribution in [2.75, 3.05) is 12.3 Å². The minimum atomic E-state index is 0.0207. The quantitative estimate of drug-likeness (QED) is 0.781. The molecule has 1 amide bonds. The molecule has 3 rings (SSSR count). The van der Waals surface area contributed by atoms with Crippen molar-refractivity contribution in [3.05, 3.63) is 53.6 Å². The molecule has 1 fully saturated rings. The predicted molar refractivity (Wildman–Crippen MR) is 99.6 cm³/mol. The zero-order valence-corrected chi connectivity index (χ0v) is 15.0. The van der Waals surface area contributed by atoms with E-state index >= 15 is 0 Å². The number of benzene rings is 1. The third kappa shape index (κ3) is 4.63. The van der Waals surface area contributed by atoms with Gasteiger partial charge in [-0.05, 0) is 37.5 Å². The fourth-order valence-electron chi connectivity index (χ4n) is 3.08. The number of nitrogens with zero attached hydrogens (tertiary/aromatic N) is 2. The van der Waals surface area contributed by atoms with Crippen LogP contribution in [0.3, 0.4) is 0 Å². The van der Waals surface area contributed by atoms with Gasteiger partial charge in [-0.15, -0.1) is 0 Å². The van der Waals surface area contributed by atoms with Crippen molar-refractivity contribution in [1.82, 2.24) is 14.9 Å². The van der Waals surface area contributed by atoms with Crippen LogP contribution in [0.5, 0.6) is 0 Å². The summed E-state index contributed by atoms with van der Waals surface area (Å²) in [4.78, 5) is 16.4. The highest BCUT2D eigenvalue weighted by Crippen LogP contribution is 2.28. The van der Waals surface area contributed by atoms with E-state index in [1.807, 2.05) is 49.1 Å². The zero-order valence-electron chi connectivity index (χ0n) is 14.2. The molecule has 1 heterocycles. The second kappa shape index (κ2) is 8.38. The molecule has 1 saturated carbocycles. The topological polar surface area (TPSA) is 46.9 Å².